The van der Waals surface area contributed by atoms with Crippen molar-refractivity contribution in [2.45, 2.75) is 26.2 Å². The van der Waals surface area contributed by atoms with E-state index in [1.54, 1.807) is 36.4 Å². The van der Waals surface area contributed by atoms with Gasteiger partial charge in [-0.1, -0.05) is 42.5 Å². The molecule has 0 saturated heterocycles. The summed E-state index contributed by atoms with van der Waals surface area (Å²) in [6.07, 6.45) is 0. The number of nitrogens with one attached hydrogen (secondary N) is 2. The molecule has 0 fully saturated rings. The number of benzene rings is 3. The molecule has 0 heterocycles. The van der Waals surface area contributed by atoms with E-state index in [0.717, 1.165) is 19.1 Å². The molecule has 6 N–H and O–H groups in total. The molecule has 0 aliphatic rings. The van der Waals surface area contributed by atoms with Crippen LogP contribution in [0, 0.1) is 17.0 Å². The molecule has 0 aliphatic heterocycles. The lowest BCUT2D eigenvalue weighted by Gasteiger charge is -2.32. The molecule has 0 bridgehead atoms. The fourth-order valence-corrected chi connectivity index (χ4v) is 3.91. The Morgan fingerprint density at radius 3 is 2.17 bits per heavy atom. The summed E-state index contributed by atoms with van der Waals surface area (Å²) in [6, 6.07) is 14.4. The van der Waals surface area contributed by atoms with Crippen molar-refractivity contribution in [3.63, 3.8) is 0 Å². The second-order valence-electron chi connectivity index (χ2n) is 8.50. The van der Waals surface area contributed by atoms with E-state index in [0.29, 0.717) is 11.1 Å². The van der Waals surface area contributed by atoms with Crippen molar-refractivity contribution in [2.24, 2.45) is 11.5 Å². The summed E-state index contributed by atoms with van der Waals surface area (Å²) in [6.45, 7) is 1.59. The van der Waals surface area contributed by atoms with Crippen LogP contribution in [0.25, 0.3) is 11.1 Å². The van der Waals surface area contributed by atoms with E-state index < -0.39 is 47.4 Å². The summed E-state index contributed by atoms with van der Waals surface area (Å²) >= 11 is 0. The number of ether oxygens (including phenoxy) is 3. The molecule has 0 unspecified atom stereocenters. The van der Waals surface area contributed by atoms with Crippen LogP contribution in [-0.2, 0) is 36.2 Å². The van der Waals surface area contributed by atoms with Crippen LogP contribution in [0.4, 0.5) is 8.78 Å². The van der Waals surface area contributed by atoms with E-state index in [4.69, 9.17) is 31.1 Å². The lowest BCUT2D eigenvalue weighted by Crippen LogP contribution is -2.50. The zero-order valence-corrected chi connectivity index (χ0v) is 21.8. The van der Waals surface area contributed by atoms with Gasteiger partial charge in [-0.05, 0) is 36.2 Å². The van der Waals surface area contributed by atoms with E-state index >= 15 is 8.78 Å². The van der Waals surface area contributed by atoms with Gasteiger partial charge < -0.3 is 31.0 Å². The Morgan fingerprint density at radius 2 is 1.62 bits per heavy atom. The lowest BCUT2D eigenvalue weighted by atomic mass is 9.97. The summed E-state index contributed by atoms with van der Waals surface area (Å²) in [5.41, 5.74) is 10.9. The number of amidine groups is 1. The minimum atomic E-state index is -2.80. The number of hydrogen-bond acceptors (Lipinski definition) is 7. The van der Waals surface area contributed by atoms with Crippen molar-refractivity contribution in [2.75, 3.05) is 13.2 Å². The number of halogens is 2. The lowest BCUT2D eigenvalue weighted by molar-refractivity contribution is -0.233. The first-order valence-electron chi connectivity index (χ1n) is 12.0. The first-order valence-corrected chi connectivity index (χ1v) is 12.0. The molecule has 0 aromatic heterocycles. The van der Waals surface area contributed by atoms with Gasteiger partial charge in [-0.25, -0.2) is 8.78 Å². The van der Waals surface area contributed by atoms with Crippen LogP contribution in [0.2, 0.25) is 0 Å². The smallest absolute Gasteiger partial charge is 0.326 e. The molecule has 3 aromatic carbocycles. The molecule has 3 rings (SSSR count). The van der Waals surface area contributed by atoms with Crippen LogP contribution in [0.5, 0.6) is 5.75 Å². The Morgan fingerprint density at radius 1 is 1.00 bits per heavy atom. The first kappa shape index (κ1) is 29.7. The number of para-hydroxylation sites is 1. The number of carbonyl (C=O) groups excluding carboxylic acids is 3. The highest BCUT2D eigenvalue weighted by molar-refractivity contribution is 5.95. The second kappa shape index (κ2) is 12.8. The molecule has 1 atom stereocenters. The minimum Gasteiger partial charge on any atom is -0.483 e. The molecular formula is C28H28F2N4O6. The largest absolute Gasteiger partial charge is 0.483 e. The van der Waals surface area contributed by atoms with E-state index in [1.165, 1.54) is 19.1 Å². The summed E-state index contributed by atoms with van der Waals surface area (Å²) in [5, 5.41) is 9.96. The first-order chi connectivity index (χ1) is 19.0. The molecule has 0 radical (unpaired) electrons. The average Bonchev–Trinajstić information content (AvgIpc) is 2.90. The number of amides is 2. The van der Waals surface area contributed by atoms with Gasteiger partial charge in [-0.3, -0.25) is 19.8 Å². The predicted molar refractivity (Wildman–Crippen MR) is 141 cm³/mol. The minimum absolute atomic E-state index is 0.0120. The van der Waals surface area contributed by atoms with E-state index in [2.05, 4.69) is 5.32 Å². The van der Waals surface area contributed by atoms with Gasteiger partial charge in [-0.15, -0.1) is 0 Å². The number of nitrogens with two attached hydrogens (primary N) is 2. The van der Waals surface area contributed by atoms with Gasteiger partial charge in [0.2, 0.25) is 0 Å². The molecule has 210 valence electrons. The quantitative estimate of drug-likeness (QED) is 0.116. The SMILES string of the molecule is CCO[C@@](OC(C)=O)(C(=O)NCc1ccc(C(=N)N)cc1)c1c(F)cc(-c2ccccc2OCC(N)=O)cc1F. The molecule has 12 heteroatoms. The van der Waals surface area contributed by atoms with E-state index in [9.17, 15) is 14.4 Å². The van der Waals surface area contributed by atoms with Crippen molar-refractivity contribution >= 4 is 23.6 Å². The van der Waals surface area contributed by atoms with Gasteiger partial charge >= 0.3 is 11.8 Å². The Bertz CT molecular complexity index is 1410. The fourth-order valence-electron chi connectivity index (χ4n) is 3.91. The van der Waals surface area contributed by atoms with E-state index in [1.807, 2.05) is 0 Å². The van der Waals surface area contributed by atoms with Gasteiger partial charge in [0.25, 0.3) is 11.8 Å². The van der Waals surface area contributed by atoms with Gasteiger partial charge in [0.1, 0.15) is 28.8 Å². The summed E-state index contributed by atoms with van der Waals surface area (Å²) in [4.78, 5) is 36.6. The predicted octanol–water partition coefficient (Wildman–Crippen LogP) is 2.85. The van der Waals surface area contributed by atoms with Crippen LogP contribution in [-0.4, -0.2) is 36.8 Å². The number of esters is 1. The monoisotopic (exact) mass is 554 g/mol. The Labute approximate surface area is 228 Å². The highest BCUT2D eigenvalue weighted by atomic mass is 19.1. The van der Waals surface area contributed by atoms with Crippen LogP contribution in [0.1, 0.15) is 30.5 Å². The van der Waals surface area contributed by atoms with Crippen LogP contribution < -0.4 is 21.5 Å². The van der Waals surface area contributed by atoms with Gasteiger partial charge in [0.15, 0.2) is 6.61 Å². The summed E-state index contributed by atoms with van der Waals surface area (Å²) < 4.78 is 47.4. The number of hydrogen-bond donors (Lipinski definition) is 4. The maximum Gasteiger partial charge on any atom is 0.326 e. The van der Waals surface area contributed by atoms with Crippen molar-refractivity contribution in [3.05, 3.63) is 89.0 Å². The molecule has 0 saturated carbocycles. The van der Waals surface area contributed by atoms with E-state index in [-0.39, 0.29) is 35.9 Å². The molecule has 2 amide bonds. The number of carbonyl (C=O) groups is 3. The van der Waals surface area contributed by atoms with Crippen LogP contribution in [0.15, 0.2) is 60.7 Å². The number of rotatable bonds is 12. The Kier molecular flexibility index (Phi) is 9.51. The standard InChI is InChI=1S/C28H28F2N4O6/c1-3-39-28(40-16(2)35,27(37)34-14-17-8-10-18(11-9-17)26(32)33)25-21(29)12-19(13-22(25)30)20-6-4-5-7-23(20)38-15-24(31)36/h4-13H,3,14-15H2,1-2H3,(H2,31,36)(H3,32,33)(H,34,37)/t28-/m0/s1. The van der Waals surface area contributed by atoms with Gasteiger partial charge in [0.05, 0.1) is 0 Å². The maximum atomic E-state index is 15.7. The van der Waals surface area contributed by atoms with Gasteiger partial charge in [0, 0.05) is 31.2 Å². The average molecular weight is 555 g/mol. The van der Waals surface area contributed by atoms with Crippen molar-refractivity contribution in [1.29, 1.82) is 5.41 Å². The Hall–Kier alpha value is -4.84. The van der Waals surface area contributed by atoms with Crippen molar-refractivity contribution in [3.8, 4) is 16.9 Å². The molecular weight excluding hydrogens is 526 g/mol. The molecule has 10 nitrogen and oxygen atoms in total. The number of nitrogen functional groups attached to an aromatic ring is 1. The third-order valence-corrected chi connectivity index (χ3v) is 5.59. The highest BCUT2D eigenvalue weighted by Gasteiger charge is 2.49. The maximum absolute atomic E-state index is 15.7. The Balaban J connectivity index is 2.03. The van der Waals surface area contributed by atoms with Crippen molar-refractivity contribution in [1.82, 2.24) is 5.32 Å². The topological polar surface area (TPSA) is 167 Å². The molecule has 0 aliphatic carbocycles. The normalized spacial score (nSPS) is 12.2. The molecule has 3 aromatic rings. The summed E-state index contributed by atoms with van der Waals surface area (Å²) in [7, 11) is 0. The summed E-state index contributed by atoms with van der Waals surface area (Å²) in [5.74, 6) is -8.18. The van der Waals surface area contributed by atoms with Crippen LogP contribution in [0.3, 0.4) is 0 Å². The fraction of sp³-hybridized carbons (Fsp3) is 0.214. The van der Waals surface area contributed by atoms with Crippen LogP contribution >= 0.6 is 0 Å². The zero-order valence-electron chi connectivity index (χ0n) is 21.8. The van der Waals surface area contributed by atoms with Crippen molar-refractivity contribution < 1.29 is 37.4 Å². The molecule has 0 spiro atoms. The third kappa shape index (κ3) is 6.77. The molecule has 40 heavy (non-hydrogen) atoms. The highest BCUT2D eigenvalue weighted by Crippen LogP contribution is 2.37. The number of primary amides is 1. The second-order valence-corrected chi connectivity index (χ2v) is 8.50. The van der Waals surface area contributed by atoms with Gasteiger partial charge in [-0.2, -0.15) is 0 Å². The third-order valence-electron chi connectivity index (χ3n) is 5.59. The zero-order chi connectivity index (χ0) is 29.4.